The van der Waals surface area contributed by atoms with E-state index in [0.29, 0.717) is 50.7 Å². The molecule has 0 radical (unpaired) electrons. The van der Waals surface area contributed by atoms with Crippen molar-refractivity contribution in [2.45, 2.75) is 24.8 Å². The Bertz CT molecular complexity index is 1600. The highest BCUT2D eigenvalue weighted by Crippen LogP contribution is 2.36. The number of pyridine rings is 1. The molecule has 9 heteroatoms. The average Bonchev–Trinajstić information content (AvgIpc) is 3.76. The van der Waals surface area contributed by atoms with Gasteiger partial charge in [-0.1, -0.05) is 42.5 Å². The number of nitrogens with zero attached hydrogens (tertiary/aromatic N) is 5. The fourth-order valence-electron chi connectivity index (χ4n) is 6.03. The van der Waals surface area contributed by atoms with Crippen LogP contribution in [0.15, 0.2) is 77.4 Å². The Morgan fingerprint density at radius 1 is 1.00 bits per heavy atom. The van der Waals surface area contributed by atoms with Crippen LogP contribution < -0.4 is 0 Å². The number of aliphatic imine (C=N–C) groups is 1. The molecule has 202 valence electrons. The van der Waals surface area contributed by atoms with Gasteiger partial charge in [-0.15, -0.1) is 11.3 Å². The molecular weight excluding hydrogens is 522 g/mol. The predicted molar refractivity (Wildman–Crippen MR) is 154 cm³/mol. The van der Waals surface area contributed by atoms with Crippen molar-refractivity contribution in [2.24, 2.45) is 10.9 Å². The first-order valence-corrected chi connectivity index (χ1v) is 14.6. The minimum absolute atomic E-state index is 0.0282. The van der Waals surface area contributed by atoms with Crippen LogP contribution in [-0.2, 0) is 9.53 Å². The molecule has 2 aromatic heterocycles. The van der Waals surface area contributed by atoms with E-state index < -0.39 is 5.54 Å². The van der Waals surface area contributed by atoms with Crippen molar-refractivity contribution in [3.8, 4) is 11.1 Å². The third kappa shape index (κ3) is 4.49. The van der Waals surface area contributed by atoms with Gasteiger partial charge >= 0.3 is 0 Å². The van der Waals surface area contributed by atoms with Gasteiger partial charge in [0.25, 0.3) is 11.8 Å². The SMILES string of the molecule is O=C(c1nccs1)N1CCC(CN2C(=O)C3(CCOCC3)N=C2c2ccc(-c3ccc4cccnc4c3)cc2)C1. The van der Waals surface area contributed by atoms with Gasteiger partial charge in [-0.3, -0.25) is 24.5 Å². The topological polar surface area (TPSA) is 88.0 Å². The number of thiazole rings is 1. The fraction of sp³-hybridized carbons (Fsp3) is 0.323. The molecule has 1 unspecified atom stereocenters. The number of rotatable bonds is 5. The zero-order valence-corrected chi connectivity index (χ0v) is 22.8. The molecule has 8 nitrogen and oxygen atoms in total. The van der Waals surface area contributed by atoms with E-state index >= 15 is 0 Å². The number of carbonyl (C=O) groups is 2. The van der Waals surface area contributed by atoms with Crippen molar-refractivity contribution in [2.75, 3.05) is 32.8 Å². The van der Waals surface area contributed by atoms with E-state index in [1.54, 1.807) is 6.20 Å². The van der Waals surface area contributed by atoms with Gasteiger partial charge in [0.2, 0.25) is 0 Å². The third-order valence-corrected chi connectivity index (χ3v) is 9.01. The summed E-state index contributed by atoms with van der Waals surface area (Å²) in [5.41, 5.74) is 3.30. The summed E-state index contributed by atoms with van der Waals surface area (Å²) < 4.78 is 5.59. The van der Waals surface area contributed by atoms with E-state index in [4.69, 9.17) is 9.73 Å². The summed E-state index contributed by atoms with van der Waals surface area (Å²) in [5.74, 6) is 0.931. The Morgan fingerprint density at radius 3 is 2.60 bits per heavy atom. The first kappa shape index (κ1) is 25.0. The van der Waals surface area contributed by atoms with E-state index in [-0.39, 0.29) is 17.7 Å². The number of aromatic nitrogens is 2. The minimum atomic E-state index is -0.759. The van der Waals surface area contributed by atoms with E-state index in [1.165, 1.54) is 11.3 Å². The van der Waals surface area contributed by atoms with Crippen molar-refractivity contribution in [1.29, 1.82) is 0 Å². The molecule has 4 aromatic rings. The number of amides is 2. The Morgan fingerprint density at radius 2 is 1.80 bits per heavy atom. The molecule has 0 aliphatic carbocycles. The number of likely N-dealkylation sites (tertiary alicyclic amines) is 1. The van der Waals surface area contributed by atoms with Crippen LogP contribution in [0.25, 0.3) is 22.0 Å². The lowest BCUT2D eigenvalue weighted by molar-refractivity contribution is -0.134. The zero-order chi connectivity index (χ0) is 27.1. The highest BCUT2D eigenvalue weighted by atomic mass is 32.1. The second kappa shape index (κ2) is 10.2. The van der Waals surface area contributed by atoms with E-state index in [9.17, 15) is 9.59 Å². The van der Waals surface area contributed by atoms with Crippen LogP contribution in [0.2, 0.25) is 0 Å². The fourth-order valence-corrected chi connectivity index (χ4v) is 6.63. The molecule has 1 atom stereocenters. The summed E-state index contributed by atoms with van der Waals surface area (Å²) in [6, 6.07) is 18.6. The van der Waals surface area contributed by atoms with Crippen LogP contribution in [0.4, 0.5) is 0 Å². The van der Waals surface area contributed by atoms with Crippen LogP contribution in [-0.4, -0.2) is 75.8 Å². The summed E-state index contributed by atoms with van der Waals surface area (Å²) in [6.45, 7) is 2.89. The Labute approximate surface area is 236 Å². The number of benzene rings is 2. The molecule has 0 bridgehead atoms. The monoisotopic (exact) mass is 551 g/mol. The molecule has 3 aliphatic rings. The van der Waals surface area contributed by atoms with Gasteiger partial charge in [0.05, 0.1) is 5.52 Å². The molecule has 7 rings (SSSR count). The van der Waals surface area contributed by atoms with Crippen LogP contribution in [0.5, 0.6) is 0 Å². The standard InChI is InChI=1S/C31H29N5O3S/c37-29(28-33-13-17-40-28)35-14-9-21(19-35)20-36-27(34-31(30(36)38)10-15-39-16-11-31)24-6-3-22(4-7-24)25-8-5-23-2-1-12-32-26(23)18-25/h1-8,12-13,17-18,21H,9-11,14-16,19-20H2. The summed E-state index contributed by atoms with van der Waals surface area (Å²) in [7, 11) is 0. The maximum atomic E-state index is 13.9. The summed E-state index contributed by atoms with van der Waals surface area (Å²) in [4.78, 5) is 44.3. The number of fused-ring (bicyclic) bond motifs is 1. The van der Waals surface area contributed by atoms with Crippen molar-refractivity contribution in [3.05, 3.63) is 82.9 Å². The van der Waals surface area contributed by atoms with Crippen LogP contribution in [0.3, 0.4) is 0 Å². The molecule has 2 fully saturated rings. The molecule has 1 spiro atoms. The maximum Gasteiger partial charge on any atom is 0.282 e. The Kier molecular flexibility index (Phi) is 6.40. The van der Waals surface area contributed by atoms with Crippen molar-refractivity contribution in [1.82, 2.24) is 19.8 Å². The summed E-state index contributed by atoms with van der Waals surface area (Å²) >= 11 is 1.36. The minimum Gasteiger partial charge on any atom is -0.381 e. The lowest BCUT2D eigenvalue weighted by Crippen LogP contribution is -2.47. The van der Waals surface area contributed by atoms with Gasteiger partial charge < -0.3 is 9.64 Å². The molecule has 2 saturated heterocycles. The molecule has 3 aliphatic heterocycles. The number of hydrogen-bond donors (Lipinski definition) is 0. The zero-order valence-electron chi connectivity index (χ0n) is 22.0. The summed E-state index contributed by atoms with van der Waals surface area (Å²) in [5, 5.41) is 3.45. The van der Waals surface area contributed by atoms with E-state index in [1.807, 2.05) is 27.4 Å². The lowest BCUT2D eigenvalue weighted by Gasteiger charge is -2.30. The van der Waals surface area contributed by atoms with Crippen molar-refractivity contribution < 1.29 is 14.3 Å². The molecular formula is C31H29N5O3S. The van der Waals surface area contributed by atoms with Crippen molar-refractivity contribution >= 4 is 39.9 Å². The highest BCUT2D eigenvalue weighted by Gasteiger charge is 2.50. The Balaban J connectivity index is 1.15. The number of ether oxygens (including phenoxy) is 1. The number of amidine groups is 1. The van der Waals surface area contributed by atoms with Gasteiger partial charge in [0.1, 0.15) is 11.4 Å². The van der Waals surface area contributed by atoms with Gasteiger partial charge in [0, 0.05) is 74.4 Å². The Hall–Kier alpha value is -3.95. The molecule has 2 amide bonds. The van der Waals surface area contributed by atoms with Gasteiger partial charge in [-0.2, -0.15) is 0 Å². The normalized spacial score (nSPS) is 20.4. The van der Waals surface area contributed by atoms with Gasteiger partial charge in [-0.05, 0) is 35.6 Å². The smallest absolute Gasteiger partial charge is 0.282 e. The molecule has 0 N–H and O–H groups in total. The quantitative estimate of drug-likeness (QED) is 0.360. The van der Waals surface area contributed by atoms with Crippen LogP contribution >= 0.6 is 11.3 Å². The lowest BCUT2D eigenvalue weighted by atomic mass is 9.90. The number of hydrogen-bond acceptors (Lipinski definition) is 7. The molecule has 2 aromatic carbocycles. The van der Waals surface area contributed by atoms with Crippen molar-refractivity contribution in [3.63, 3.8) is 0 Å². The third-order valence-electron chi connectivity index (χ3n) is 8.25. The predicted octanol–water partition coefficient (Wildman–Crippen LogP) is 4.66. The number of carbonyl (C=O) groups excluding carboxylic acids is 2. The first-order valence-electron chi connectivity index (χ1n) is 13.7. The van der Waals surface area contributed by atoms with Crippen LogP contribution in [0, 0.1) is 5.92 Å². The molecule has 40 heavy (non-hydrogen) atoms. The van der Waals surface area contributed by atoms with Crippen LogP contribution in [0.1, 0.15) is 34.6 Å². The molecule has 0 saturated carbocycles. The van der Waals surface area contributed by atoms with E-state index in [0.717, 1.165) is 39.8 Å². The average molecular weight is 552 g/mol. The largest absolute Gasteiger partial charge is 0.381 e. The maximum absolute atomic E-state index is 13.9. The van der Waals surface area contributed by atoms with Gasteiger partial charge in [-0.25, -0.2) is 4.98 Å². The second-order valence-electron chi connectivity index (χ2n) is 10.7. The second-order valence-corrected chi connectivity index (χ2v) is 11.6. The van der Waals surface area contributed by atoms with Gasteiger partial charge in [0.15, 0.2) is 5.01 Å². The molecule has 5 heterocycles. The van der Waals surface area contributed by atoms with E-state index in [2.05, 4.69) is 58.5 Å². The first-order chi connectivity index (χ1) is 19.6. The summed E-state index contributed by atoms with van der Waals surface area (Å²) in [6.07, 6.45) is 5.50. The highest BCUT2D eigenvalue weighted by molar-refractivity contribution is 7.11.